The monoisotopic (exact) mass is 196 g/mol. The zero-order valence-electron chi connectivity index (χ0n) is 6.47. The second-order valence-electron chi connectivity index (χ2n) is 2.47. The summed E-state index contributed by atoms with van der Waals surface area (Å²) in [5.41, 5.74) is 0.547. The number of thiazole rings is 1. The Labute approximate surface area is 76.3 Å². The first-order valence-corrected chi connectivity index (χ1v) is 4.72. The van der Waals surface area contributed by atoms with Crippen LogP contribution in [0.5, 0.6) is 0 Å². The van der Waals surface area contributed by atoms with Gasteiger partial charge in [-0.1, -0.05) is 12.1 Å². The van der Waals surface area contributed by atoms with E-state index in [4.69, 9.17) is 5.11 Å². The standard InChI is InChI=1S/C8H5NO3S/c10-8(11)7-9-5-3-1-2-4-6(5)13(7)12/h1-4,12H/p+1. The van der Waals surface area contributed by atoms with E-state index in [-0.39, 0.29) is 5.01 Å². The van der Waals surface area contributed by atoms with Crippen molar-refractivity contribution in [3.63, 3.8) is 0 Å². The Kier molecular flexibility index (Phi) is 1.75. The lowest BCUT2D eigenvalue weighted by Gasteiger charge is -1.77. The van der Waals surface area contributed by atoms with Crippen LogP contribution < -0.4 is 0 Å². The highest BCUT2D eigenvalue weighted by Crippen LogP contribution is 2.30. The summed E-state index contributed by atoms with van der Waals surface area (Å²) in [5, 5.41) is 8.49. The van der Waals surface area contributed by atoms with Crippen LogP contribution in [0, 0.1) is 0 Å². The average molecular weight is 196 g/mol. The number of rotatable bonds is 1. The maximum absolute atomic E-state index is 10.6. The largest absolute Gasteiger partial charge is 0.473 e. The number of aromatic nitrogens is 1. The van der Waals surface area contributed by atoms with Gasteiger partial charge in [-0.15, -0.1) is 0 Å². The van der Waals surface area contributed by atoms with Crippen LogP contribution >= 0.6 is 10.8 Å². The summed E-state index contributed by atoms with van der Waals surface area (Å²) < 4.78 is 10.1. The number of fused-ring (bicyclic) bond motifs is 1. The van der Waals surface area contributed by atoms with Crippen LogP contribution in [0.2, 0.25) is 0 Å². The van der Waals surface area contributed by atoms with E-state index in [1.807, 2.05) is 0 Å². The van der Waals surface area contributed by atoms with E-state index in [0.717, 1.165) is 0 Å². The maximum Gasteiger partial charge on any atom is 0.413 e. The van der Waals surface area contributed by atoms with E-state index in [0.29, 0.717) is 10.2 Å². The number of hydrogen-bond donors (Lipinski definition) is 2. The summed E-state index contributed by atoms with van der Waals surface area (Å²) in [7, 11) is -1.37. The average Bonchev–Trinajstić information content (AvgIpc) is 2.45. The van der Waals surface area contributed by atoms with Gasteiger partial charge in [0.05, 0.1) is 0 Å². The van der Waals surface area contributed by atoms with Crippen molar-refractivity contribution in [1.82, 2.24) is 4.98 Å². The molecule has 2 rings (SSSR count). The lowest BCUT2D eigenvalue weighted by Crippen LogP contribution is -1.95. The van der Waals surface area contributed by atoms with E-state index in [1.165, 1.54) is 0 Å². The molecule has 0 radical (unpaired) electrons. The van der Waals surface area contributed by atoms with Crippen molar-refractivity contribution in [2.45, 2.75) is 0 Å². The van der Waals surface area contributed by atoms with Crippen LogP contribution in [0.4, 0.5) is 0 Å². The van der Waals surface area contributed by atoms with Gasteiger partial charge in [0.15, 0.2) is 10.8 Å². The van der Waals surface area contributed by atoms with Gasteiger partial charge in [0.25, 0.3) is 0 Å². The highest BCUT2D eigenvalue weighted by Gasteiger charge is 2.27. The number of benzene rings is 1. The quantitative estimate of drug-likeness (QED) is 0.682. The highest BCUT2D eigenvalue weighted by atomic mass is 32.2. The van der Waals surface area contributed by atoms with Gasteiger partial charge < -0.3 is 5.11 Å². The first-order valence-electron chi connectivity index (χ1n) is 3.54. The molecule has 0 aliphatic rings. The third-order valence-electron chi connectivity index (χ3n) is 1.66. The van der Waals surface area contributed by atoms with Crippen molar-refractivity contribution in [2.24, 2.45) is 0 Å². The molecule has 0 amide bonds. The Morgan fingerprint density at radius 1 is 1.38 bits per heavy atom. The molecular formula is C8H6NO3S+. The molecule has 1 heterocycles. The molecule has 13 heavy (non-hydrogen) atoms. The molecule has 0 saturated carbocycles. The summed E-state index contributed by atoms with van der Waals surface area (Å²) in [6.45, 7) is 0. The van der Waals surface area contributed by atoms with Crippen LogP contribution in [-0.2, 0) is 0 Å². The predicted molar refractivity (Wildman–Crippen MR) is 48.5 cm³/mol. The Bertz CT molecular complexity index is 477. The third kappa shape index (κ3) is 1.18. The summed E-state index contributed by atoms with van der Waals surface area (Å²) in [6.07, 6.45) is 0. The molecule has 1 aromatic heterocycles. The molecule has 0 spiro atoms. The first kappa shape index (κ1) is 8.15. The molecule has 0 aliphatic carbocycles. The second kappa shape index (κ2) is 2.79. The Balaban J connectivity index is 2.81. The molecule has 1 aromatic carbocycles. The minimum atomic E-state index is -1.37. The van der Waals surface area contributed by atoms with E-state index in [9.17, 15) is 9.35 Å². The van der Waals surface area contributed by atoms with Crippen molar-refractivity contribution < 1.29 is 14.5 Å². The number of hydrogen-bond acceptors (Lipinski definition) is 3. The number of aromatic carboxylic acids is 1. The first-order chi connectivity index (χ1) is 6.20. The molecule has 0 bridgehead atoms. The topological polar surface area (TPSA) is 70.4 Å². The van der Waals surface area contributed by atoms with Gasteiger partial charge in [-0.3, -0.25) is 0 Å². The number of carbonyl (C=O) groups is 1. The van der Waals surface area contributed by atoms with Crippen molar-refractivity contribution in [1.29, 1.82) is 0 Å². The number of carboxylic acid groups (broad SMARTS) is 1. The van der Waals surface area contributed by atoms with Gasteiger partial charge in [0.2, 0.25) is 4.70 Å². The lowest BCUT2D eigenvalue weighted by molar-refractivity contribution is 0.0696. The van der Waals surface area contributed by atoms with E-state index in [2.05, 4.69) is 4.98 Å². The molecule has 2 N–H and O–H groups in total. The number of para-hydroxylation sites is 1. The van der Waals surface area contributed by atoms with Crippen molar-refractivity contribution in [2.75, 3.05) is 0 Å². The lowest BCUT2D eigenvalue weighted by atomic mass is 10.3. The molecule has 0 fully saturated rings. The molecule has 0 saturated heterocycles. The van der Waals surface area contributed by atoms with Crippen LogP contribution in [0.1, 0.15) is 9.80 Å². The summed E-state index contributed by atoms with van der Waals surface area (Å²) in [4.78, 5) is 14.4. The summed E-state index contributed by atoms with van der Waals surface area (Å²) in [5.74, 6) is -1.16. The normalized spacial score (nSPS) is 11.9. The SMILES string of the molecule is O=C(O)c1nc2ccccc2[s+]1O. The minimum absolute atomic E-state index is 0.179. The Morgan fingerprint density at radius 3 is 2.69 bits per heavy atom. The molecule has 0 aliphatic heterocycles. The van der Waals surface area contributed by atoms with Gasteiger partial charge in [-0.2, -0.15) is 9.54 Å². The molecule has 4 nitrogen and oxygen atoms in total. The maximum atomic E-state index is 10.6. The Hall–Kier alpha value is -1.46. The second-order valence-corrected chi connectivity index (χ2v) is 3.87. The molecule has 2 aromatic rings. The smallest absolute Gasteiger partial charge is 0.413 e. The van der Waals surface area contributed by atoms with Gasteiger partial charge in [0.1, 0.15) is 5.52 Å². The van der Waals surface area contributed by atoms with Gasteiger partial charge in [-0.25, -0.2) is 4.79 Å². The van der Waals surface area contributed by atoms with Crippen LogP contribution in [0.25, 0.3) is 10.2 Å². The van der Waals surface area contributed by atoms with Crippen LogP contribution in [-0.4, -0.2) is 20.6 Å². The van der Waals surface area contributed by atoms with Crippen molar-refractivity contribution >= 4 is 26.9 Å². The van der Waals surface area contributed by atoms with E-state index < -0.39 is 16.7 Å². The molecular weight excluding hydrogens is 190 g/mol. The Morgan fingerprint density at radius 2 is 2.08 bits per heavy atom. The zero-order valence-corrected chi connectivity index (χ0v) is 7.28. The zero-order chi connectivity index (χ0) is 9.42. The molecule has 5 heteroatoms. The highest BCUT2D eigenvalue weighted by molar-refractivity contribution is 7.32. The summed E-state index contributed by atoms with van der Waals surface area (Å²) >= 11 is 0. The van der Waals surface area contributed by atoms with Crippen molar-refractivity contribution in [3.05, 3.63) is 29.3 Å². The fourth-order valence-corrected chi connectivity index (χ4v) is 2.18. The fraction of sp³-hybridized carbons (Fsp3) is 0. The van der Waals surface area contributed by atoms with Crippen LogP contribution in [0.15, 0.2) is 24.3 Å². The molecule has 1 atom stereocenters. The van der Waals surface area contributed by atoms with Gasteiger partial charge in [0, 0.05) is 6.07 Å². The minimum Gasteiger partial charge on any atom is -0.473 e. The predicted octanol–water partition coefficient (Wildman–Crippen LogP) is 1.82. The number of nitrogens with zero attached hydrogens (tertiary/aromatic N) is 1. The van der Waals surface area contributed by atoms with Gasteiger partial charge in [-0.05, 0) is 6.07 Å². The molecule has 1 unspecified atom stereocenters. The number of carboxylic acids is 1. The van der Waals surface area contributed by atoms with Crippen LogP contribution in [0.3, 0.4) is 0 Å². The van der Waals surface area contributed by atoms with E-state index in [1.54, 1.807) is 24.3 Å². The van der Waals surface area contributed by atoms with Gasteiger partial charge >= 0.3 is 11.0 Å². The fourth-order valence-electron chi connectivity index (χ4n) is 1.10. The van der Waals surface area contributed by atoms with Crippen molar-refractivity contribution in [3.8, 4) is 0 Å². The van der Waals surface area contributed by atoms with E-state index >= 15 is 0 Å². The molecule has 66 valence electrons. The third-order valence-corrected chi connectivity index (χ3v) is 3.06. The summed E-state index contributed by atoms with van der Waals surface area (Å²) in [6, 6.07) is 6.86.